The Hall–Kier alpha value is -1.90. The van der Waals surface area contributed by atoms with Crippen molar-refractivity contribution in [1.82, 2.24) is 10.3 Å². The lowest BCUT2D eigenvalue weighted by Gasteiger charge is -2.22. The fourth-order valence-electron chi connectivity index (χ4n) is 2.34. The fraction of sp³-hybridized carbons (Fsp3) is 0.571. The lowest BCUT2D eigenvalue weighted by atomic mass is 10.2. The predicted octanol–water partition coefficient (Wildman–Crippen LogP) is 2.86. The van der Waals surface area contributed by atoms with Crippen molar-refractivity contribution in [1.29, 1.82) is 0 Å². The van der Waals surface area contributed by atoms with Gasteiger partial charge in [-0.2, -0.15) is 0 Å². The Morgan fingerprint density at radius 2 is 2.26 bits per heavy atom. The van der Waals surface area contributed by atoms with Crippen molar-refractivity contribution in [3.8, 4) is 0 Å². The lowest BCUT2D eigenvalue weighted by molar-refractivity contribution is -0.384. The summed E-state index contributed by atoms with van der Waals surface area (Å²) in [5, 5.41) is 14.0. The second-order valence-electron chi connectivity index (χ2n) is 6.33. The summed E-state index contributed by atoms with van der Waals surface area (Å²) in [5.41, 5.74) is -0.619. The first-order valence-electron chi connectivity index (χ1n) is 7.20. The van der Waals surface area contributed by atoms with Crippen LogP contribution in [0.3, 0.4) is 0 Å². The van der Waals surface area contributed by atoms with Gasteiger partial charge in [0.2, 0.25) is 5.82 Å². The van der Waals surface area contributed by atoms with Gasteiger partial charge in [-0.15, -0.1) is 0 Å². The number of carbonyl (C=O) groups excluding carboxylic acids is 1. The van der Waals surface area contributed by atoms with Crippen molar-refractivity contribution < 1.29 is 14.5 Å². The van der Waals surface area contributed by atoms with Crippen LogP contribution in [0, 0.1) is 10.1 Å². The Kier molecular flexibility index (Phi) is 5.08. The summed E-state index contributed by atoms with van der Waals surface area (Å²) in [6.07, 6.45) is 1.72. The van der Waals surface area contributed by atoms with Crippen molar-refractivity contribution in [2.75, 3.05) is 18.0 Å². The van der Waals surface area contributed by atoms with E-state index in [1.165, 1.54) is 12.3 Å². The third-order valence-corrected chi connectivity index (χ3v) is 3.65. The molecule has 0 spiro atoms. The highest BCUT2D eigenvalue weighted by atomic mass is 79.9. The molecule has 2 rings (SSSR count). The summed E-state index contributed by atoms with van der Waals surface area (Å²) in [7, 11) is 0. The number of hydrogen-bond acceptors (Lipinski definition) is 6. The van der Waals surface area contributed by atoms with E-state index in [0.29, 0.717) is 29.8 Å². The largest absolute Gasteiger partial charge is 0.444 e. The van der Waals surface area contributed by atoms with Gasteiger partial charge in [-0.3, -0.25) is 10.1 Å². The molecule has 8 nitrogen and oxygen atoms in total. The monoisotopic (exact) mass is 386 g/mol. The normalized spacial score (nSPS) is 17.9. The third kappa shape index (κ3) is 4.78. The summed E-state index contributed by atoms with van der Waals surface area (Å²) >= 11 is 3.19. The molecule has 1 amide bonds. The van der Waals surface area contributed by atoms with Crippen LogP contribution in [0.5, 0.6) is 0 Å². The molecule has 2 heterocycles. The number of halogens is 1. The molecule has 126 valence electrons. The molecule has 9 heteroatoms. The average Bonchev–Trinajstić information content (AvgIpc) is 2.84. The van der Waals surface area contributed by atoms with Gasteiger partial charge in [0.25, 0.3) is 0 Å². The van der Waals surface area contributed by atoms with Gasteiger partial charge in [-0.05, 0) is 43.1 Å². The van der Waals surface area contributed by atoms with E-state index < -0.39 is 16.6 Å². The van der Waals surface area contributed by atoms with Crippen molar-refractivity contribution in [3.63, 3.8) is 0 Å². The fourth-order valence-corrected chi connectivity index (χ4v) is 2.66. The van der Waals surface area contributed by atoms with Gasteiger partial charge in [0.1, 0.15) is 5.60 Å². The van der Waals surface area contributed by atoms with Crippen molar-refractivity contribution in [3.05, 3.63) is 26.9 Å². The molecule has 1 aromatic rings. The quantitative estimate of drug-likeness (QED) is 0.633. The maximum Gasteiger partial charge on any atom is 0.407 e. The number of nitro groups is 1. The number of nitrogens with one attached hydrogen (secondary N) is 1. The molecule has 0 aromatic carbocycles. The van der Waals surface area contributed by atoms with Crippen molar-refractivity contribution in [2.24, 2.45) is 0 Å². The highest BCUT2D eigenvalue weighted by Gasteiger charge is 2.30. The smallest absolute Gasteiger partial charge is 0.407 e. The number of aromatic nitrogens is 1. The number of pyridine rings is 1. The molecule has 1 aliphatic rings. The molecule has 23 heavy (non-hydrogen) atoms. The van der Waals surface area contributed by atoms with E-state index in [0.717, 1.165) is 0 Å². The average molecular weight is 387 g/mol. The lowest BCUT2D eigenvalue weighted by Crippen LogP contribution is -2.40. The van der Waals surface area contributed by atoms with Crippen LogP contribution in [0.25, 0.3) is 0 Å². The van der Waals surface area contributed by atoms with E-state index >= 15 is 0 Å². The van der Waals surface area contributed by atoms with Crippen LogP contribution >= 0.6 is 15.9 Å². The first-order chi connectivity index (χ1) is 10.7. The van der Waals surface area contributed by atoms with Gasteiger partial charge in [0.15, 0.2) is 0 Å². The van der Waals surface area contributed by atoms with Crippen molar-refractivity contribution >= 4 is 33.5 Å². The van der Waals surface area contributed by atoms with E-state index in [4.69, 9.17) is 4.74 Å². The molecule has 0 unspecified atom stereocenters. The molecule has 1 fully saturated rings. The van der Waals surface area contributed by atoms with Gasteiger partial charge in [-0.1, -0.05) is 0 Å². The second-order valence-corrected chi connectivity index (χ2v) is 7.25. The summed E-state index contributed by atoms with van der Waals surface area (Å²) in [6, 6.07) is 1.30. The number of alkyl carbamates (subject to hydrolysis) is 1. The Balaban J connectivity index is 2.03. The molecule has 0 bridgehead atoms. The van der Waals surface area contributed by atoms with E-state index in [9.17, 15) is 14.9 Å². The first-order valence-corrected chi connectivity index (χ1v) is 7.99. The van der Waals surface area contributed by atoms with E-state index in [2.05, 4.69) is 26.2 Å². The van der Waals surface area contributed by atoms with Crippen LogP contribution in [-0.4, -0.2) is 40.7 Å². The molecule has 1 N–H and O–H groups in total. The minimum atomic E-state index is -0.561. The summed E-state index contributed by atoms with van der Waals surface area (Å²) < 4.78 is 5.77. The number of ether oxygens (including phenoxy) is 1. The Bertz CT molecular complexity index is 617. The Morgan fingerprint density at radius 1 is 1.57 bits per heavy atom. The van der Waals surface area contributed by atoms with Crippen LogP contribution in [0.1, 0.15) is 27.2 Å². The van der Waals surface area contributed by atoms with E-state index in [1.54, 1.807) is 25.7 Å². The molecule has 1 aromatic heterocycles. The molecule has 1 atom stereocenters. The predicted molar refractivity (Wildman–Crippen MR) is 88.6 cm³/mol. The molecular weight excluding hydrogens is 368 g/mol. The first kappa shape index (κ1) is 17.5. The maximum absolute atomic E-state index is 11.8. The molecule has 0 radical (unpaired) electrons. The number of amides is 1. The number of carbonyl (C=O) groups is 1. The standard InChI is InChI=1S/C14H19BrN4O4/c1-14(2,3)23-13(20)17-10-4-5-18(8-10)12-11(19(21)22)6-9(15)7-16-12/h6-7,10H,4-5,8H2,1-3H3,(H,17,20)/t10-/m0/s1. The minimum absolute atomic E-state index is 0.0581. The van der Waals surface area contributed by atoms with Crippen LogP contribution in [-0.2, 0) is 4.74 Å². The van der Waals surface area contributed by atoms with Crippen molar-refractivity contribution in [2.45, 2.75) is 38.8 Å². The van der Waals surface area contributed by atoms with Gasteiger partial charge in [0.05, 0.1) is 11.0 Å². The summed E-state index contributed by atoms with van der Waals surface area (Å²) in [5.74, 6) is 0.312. The van der Waals surface area contributed by atoms with E-state index in [-0.39, 0.29) is 11.7 Å². The number of rotatable bonds is 3. The summed E-state index contributed by atoms with van der Waals surface area (Å²) in [6.45, 7) is 6.42. The van der Waals surface area contributed by atoms with E-state index in [1.807, 2.05) is 0 Å². The van der Waals surface area contributed by atoms with Crippen LogP contribution in [0.4, 0.5) is 16.3 Å². The topological polar surface area (TPSA) is 97.6 Å². The molecule has 0 aliphatic carbocycles. The zero-order chi connectivity index (χ0) is 17.2. The molecule has 1 saturated heterocycles. The van der Waals surface area contributed by atoms with Gasteiger partial charge >= 0.3 is 11.8 Å². The minimum Gasteiger partial charge on any atom is -0.444 e. The highest BCUT2D eigenvalue weighted by molar-refractivity contribution is 9.10. The van der Waals surface area contributed by atoms with Crippen LogP contribution in [0.2, 0.25) is 0 Å². The van der Waals surface area contributed by atoms with Gasteiger partial charge < -0.3 is 15.0 Å². The van der Waals surface area contributed by atoms with Gasteiger partial charge in [0, 0.05) is 29.8 Å². The summed E-state index contributed by atoms with van der Waals surface area (Å²) in [4.78, 5) is 28.5. The Morgan fingerprint density at radius 3 is 2.87 bits per heavy atom. The SMILES string of the molecule is CC(C)(C)OC(=O)N[C@H]1CCN(c2ncc(Br)cc2[N+](=O)[O-])C1. The zero-order valence-corrected chi connectivity index (χ0v) is 14.8. The third-order valence-electron chi connectivity index (χ3n) is 3.22. The molecule has 0 saturated carbocycles. The number of anilines is 1. The molecule has 1 aliphatic heterocycles. The second kappa shape index (κ2) is 6.69. The van der Waals surface area contributed by atoms with Crippen LogP contribution in [0.15, 0.2) is 16.7 Å². The number of nitrogens with zero attached hydrogens (tertiary/aromatic N) is 3. The van der Waals surface area contributed by atoms with Gasteiger partial charge in [-0.25, -0.2) is 9.78 Å². The highest BCUT2D eigenvalue weighted by Crippen LogP contribution is 2.30. The zero-order valence-electron chi connectivity index (χ0n) is 13.2. The van der Waals surface area contributed by atoms with Crippen LogP contribution < -0.4 is 10.2 Å². The maximum atomic E-state index is 11.8. The Labute approximate surface area is 142 Å². The number of hydrogen-bond donors (Lipinski definition) is 1. The molecular formula is C14H19BrN4O4.